The molecule has 6 nitrogen and oxygen atoms in total. The topological polar surface area (TPSA) is 86.3 Å². The Hall–Kier alpha value is -2.63. The first kappa shape index (κ1) is 12.8. The summed E-state index contributed by atoms with van der Waals surface area (Å²) in [5, 5.41) is 8.76. The minimum absolute atomic E-state index is 0.0600. The van der Waals surface area contributed by atoms with Gasteiger partial charge in [0.25, 0.3) is 5.91 Å². The van der Waals surface area contributed by atoms with Gasteiger partial charge in [-0.05, 0) is 23.8 Å². The number of amides is 1. The summed E-state index contributed by atoms with van der Waals surface area (Å²) in [6, 6.07) is 4.66. The van der Waals surface area contributed by atoms with Crippen molar-refractivity contribution in [2.45, 2.75) is 6.54 Å². The summed E-state index contributed by atoms with van der Waals surface area (Å²) in [4.78, 5) is 31.1. The number of hydrogen-bond donors (Lipinski definition) is 2. The normalized spacial score (nSPS) is 10.2. The lowest BCUT2D eigenvalue weighted by Crippen LogP contribution is -2.26. The first-order valence-electron chi connectivity index (χ1n) is 5.64. The summed E-state index contributed by atoms with van der Waals surface area (Å²) in [5.41, 5.74) is 1.27. The predicted octanol–water partition coefficient (Wildman–Crippen LogP) is 1.38. The molecule has 2 heterocycles. The molecule has 6 heteroatoms. The SMILES string of the molecule is CN(Cc1cc[nH]c1)C(=O)c1ccc(C(=O)O)cn1. The molecule has 0 aliphatic carbocycles. The monoisotopic (exact) mass is 259 g/mol. The molecule has 2 rings (SSSR count). The van der Waals surface area contributed by atoms with Gasteiger partial charge >= 0.3 is 5.97 Å². The van der Waals surface area contributed by atoms with Gasteiger partial charge in [0.15, 0.2) is 0 Å². The van der Waals surface area contributed by atoms with Crippen LogP contribution in [-0.2, 0) is 6.54 Å². The highest BCUT2D eigenvalue weighted by Crippen LogP contribution is 2.07. The van der Waals surface area contributed by atoms with Gasteiger partial charge in [0.05, 0.1) is 5.56 Å². The summed E-state index contributed by atoms with van der Waals surface area (Å²) >= 11 is 0. The Labute approximate surface area is 109 Å². The van der Waals surface area contributed by atoms with Gasteiger partial charge in [-0.1, -0.05) is 0 Å². The molecule has 0 atom stereocenters. The fraction of sp³-hybridized carbons (Fsp3) is 0.154. The molecule has 2 aromatic heterocycles. The van der Waals surface area contributed by atoms with E-state index in [2.05, 4.69) is 9.97 Å². The van der Waals surface area contributed by atoms with Gasteiger partial charge < -0.3 is 15.0 Å². The molecule has 0 saturated carbocycles. The van der Waals surface area contributed by atoms with Crippen molar-refractivity contribution in [1.82, 2.24) is 14.9 Å². The Morgan fingerprint density at radius 2 is 2.16 bits per heavy atom. The van der Waals surface area contributed by atoms with Crippen LogP contribution >= 0.6 is 0 Å². The molecule has 0 unspecified atom stereocenters. The van der Waals surface area contributed by atoms with Crippen molar-refractivity contribution in [3.05, 3.63) is 53.6 Å². The molecule has 2 N–H and O–H groups in total. The number of rotatable bonds is 4. The molecule has 0 spiro atoms. The number of aromatic amines is 1. The Morgan fingerprint density at radius 3 is 2.68 bits per heavy atom. The Morgan fingerprint density at radius 1 is 1.37 bits per heavy atom. The van der Waals surface area contributed by atoms with Crippen molar-refractivity contribution in [2.75, 3.05) is 7.05 Å². The van der Waals surface area contributed by atoms with Gasteiger partial charge in [0.1, 0.15) is 5.69 Å². The minimum atomic E-state index is -1.06. The van der Waals surface area contributed by atoms with E-state index in [4.69, 9.17) is 5.11 Å². The molecular formula is C13H13N3O3. The molecule has 0 aromatic carbocycles. The molecule has 0 aliphatic rings. The van der Waals surface area contributed by atoms with Crippen LogP contribution in [0.25, 0.3) is 0 Å². The quantitative estimate of drug-likeness (QED) is 0.868. The summed E-state index contributed by atoms with van der Waals surface area (Å²) in [6.45, 7) is 0.463. The summed E-state index contributed by atoms with van der Waals surface area (Å²) < 4.78 is 0. The van der Waals surface area contributed by atoms with E-state index in [9.17, 15) is 9.59 Å². The molecule has 0 fully saturated rings. The van der Waals surface area contributed by atoms with Crippen LogP contribution in [-0.4, -0.2) is 38.9 Å². The largest absolute Gasteiger partial charge is 0.478 e. The van der Waals surface area contributed by atoms with Crippen LogP contribution in [0.2, 0.25) is 0 Å². The third kappa shape index (κ3) is 2.98. The fourth-order valence-electron chi connectivity index (χ4n) is 1.64. The zero-order valence-corrected chi connectivity index (χ0v) is 10.3. The average Bonchev–Trinajstić information content (AvgIpc) is 2.90. The first-order valence-corrected chi connectivity index (χ1v) is 5.64. The highest BCUT2D eigenvalue weighted by molar-refractivity contribution is 5.93. The van der Waals surface area contributed by atoms with Crippen LogP contribution < -0.4 is 0 Å². The Kier molecular flexibility index (Phi) is 3.61. The molecule has 0 aliphatic heterocycles. The van der Waals surface area contributed by atoms with Crippen molar-refractivity contribution in [2.24, 2.45) is 0 Å². The van der Waals surface area contributed by atoms with E-state index in [1.807, 2.05) is 12.3 Å². The number of H-pyrrole nitrogens is 1. The number of nitrogens with zero attached hydrogens (tertiary/aromatic N) is 2. The van der Waals surface area contributed by atoms with Crippen molar-refractivity contribution < 1.29 is 14.7 Å². The standard InChI is InChI=1S/C13H13N3O3/c1-16(8-9-4-5-14-6-9)12(17)11-3-2-10(7-15-11)13(18)19/h2-7,14H,8H2,1H3,(H,18,19). The molecule has 0 saturated heterocycles. The predicted molar refractivity (Wildman–Crippen MR) is 67.8 cm³/mol. The van der Waals surface area contributed by atoms with Gasteiger partial charge in [0, 0.05) is 32.2 Å². The van der Waals surface area contributed by atoms with E-state index in [0.717, 1.165) is 5.56 Å². The van der Waals surface area contributed by atoms with Gasteiger partial charge in [-0.15, -0.1) is 0 Å². The number of carbonyl (C=O) groups excluding carboxylic acids is 1. The number of hydrogen-bond acceptors (Lipinski definition) is 3. The van der Waals surface area contributed by atoms with Crippen LogP contribution in [0.15, 0.2) is 36.8 Å². The number of carbonyl (C=O) groups is 2. The minimum Gasteiger partial charge on any atom is -0.478 e. The number of nitrogens with one attached hydrogen (secondary N) is 1. The lowest BCUT2D eigenvalue weighted by Gasteiger charge is -2.15. The molecule has 2 aromatic rings. The van der Waals surface area contributed by atoms with Crippen LogP contribution in [0.4, 0.5) is 0 Å². The van der Waals surface area contributed by atoms with Crippen LogP contribution in [0.1, 0.15) is 26.4 Å². The molecule has 19 heavy (non-hydrogen) atoms. The second-order valence-electron chi connectivity index (χ2n) is 4.12. The second kappa shape index (κ2) is 5.34. The van der Waals surface area contributed by atoms with E-state index >= 15 is 0 Å². The lowest BCUT2D eigenvalue weighted by atomic mass is 10.2. The highest BCUT2D eigenvalue weighted by Gasteiger charge is 2.14. The molecule has 98 valence electrons. The summed E-state index contributed by atoms with van der Waals surface area (Å²) in [7, 11) is 1.67. The summed E-state index contributed by atoms with van der Waals surface area (Å²) in [6.07, 6.45) is 4.78. The lowest BCUT2D eigenvalue weighted by molar-refractivity contribution is 0.0694. The van der Waals surface area contributed by atoms with Gasteiger partial charge in [-0.3, -0.25) is 9.78 Å². The number of pyridine rings is 1. The van der Waals surface area contributed by atoms with E-state index in [-0.39, 0.29) is 17.2 Å². The Bertz CT molecular complexity index is 576. The molecule has 1 amide bonds. The molecular weight excluding hydrogens is 246 g/mol. The zero-order chi connectivity index (χ0) is 13.8. The highest BCUT2D eigenvalue weighted by atomic mass is 16.4. The van der Waals surface area contributed by atoms with Crippen LogP contribution in [0.3, 0.4) is 0 Å². The van der Waals surface area contributed by atoms with Gasteiger partial charge in [0.2, 0.25) is 0 Å². The zero-order valence-electron chi connectivity index (χ0n) is 10.3. The number of aromatic nitrogens is 2. The van der Waals surface area contributed by atoms with E-state index in [1.165, 1.54) is 23.2 Å². The Balaban J connectivity index is 2.08. The fourth-order valence-corrected chi connectivity index (χ4v) is 1.64. The first-order chi connectivity index (χ1) is 9.08. The van der Waals surface area contributed by atoms with Gasteiger partial charge in [-0.2, -0.15) is 0 Å². The average molecular weight is 259 g/mol. The number of aromatic carboxylic acids is 1. The van der Waals surface area contributed by atoms with E-state index < -0.39 is 5.97 Å². The van der Waals surface area contributed by atoms with Crippen molar-refractivity contribution in [3.8, 4) is 0 Å². The summed E-state index contributed by atoms with van der Waals surface area (Å²) in [5.74, 6) is -1.31. The maximum atomic E-state index is 12.1. The third-order valence-corrected chi connectivity index (χ3v) is 2.66. The van der Waals surface area contributed by atoms with E-state index in [0.29, 0.717) is 6.54 Å². The van der Waals surface area contributed by atoms with Crippen molar-refractivity contribution in [3.63, 3.8) is 0 Å². The maximum Gasteiger partial charge on any atom is 0.337 e. The third-order valence-electron chi connectivity index (χ3n) is 2.66. The van der Waals surface area contributed by atoms with Crippen LogP contribution in [0, 0.1) is 0 Å². The smallest absolute Gasteiger partial charge is 0.337 e. The van der Waals surface area contributed by atoms with E-state index in [1.54, 1.807) is 13.2 Å². The van der Waals surface area contributed by atoms with Gasteiger partial charge in [-0.25, -0.2) is 4.79 Å². The van der Waals surface area contributed by atoms with Crippen molar-refractivity contribution in [1.29, 1.82) is 0 Å². The second-order valence-corrected chi connectivity index (χ2v) is 4.12. The number of carboxylic acids is 1. The number of carboxylic acid groups (broad SMARTS) is 1. The molecule has 0 radical (unpaired) electrons. The van der Waals surface area contributed by atoms with Crippen molar-refractivity contribution >= 4 is 11.9 Å². The van der Waals surface area contributed by atoms with Crippen LogP contribution in [0.5, 0.6) is 0 Å². The maximum absolute atomic E-state index is 12.1. The molecule has 0 bridgehead atoms.